The predicted molar refractivity (Wildman–Crippen MR) is 49.6 cm³/mol. The standard InChI is InChI=1S/C10H9NO2/c12-10(13)8-3-1-2-7-4-5-11-6-9(7)8/h1-3,6H,4-5H2,(H,12,13). The van der Waals surface area contributed by atoms with Crippen molar-refractivity contribution in [2.24, 2.45) is 4.99 Å². The Morgan fingerprint density at radius 1 is 1.46 bits per heavy atom. The van der Waals surface area contributed by atoms with Crippen molar-refractivity contribution in [2.45, 2.75) is 6.42 Å². The second kappa shape index (κ2) is 3.01. The van der Waals surface area contributed by atoms with Gasteiger partial charge in [-0.25, -0.2) is 4.79 Å². The average Bonchev–Trinajstić information content (AvgIpc) is 2.17. The van der Waals surface area contributed by atoms with Crippen LogP contribution >= 0.6 is 0 Å². The number of nitrogens with zero attached hydrogens (tertiary/aromatic N) is 1. The zero-order valence-corrected chi connectivity index (χ0v) is 7.03. The predicted octanol–water partition coefficient (Wildman–Crippen LogP) is 1.36. The van der Waals surface area contributed by atoms with E-state index in [0.717, 1.165) is 24.1 Å². The molecule has 1 aliphatic rings. The van der Waals surface area contributed by atoms with E-state index in [2.05, 4.69) is 4.99 Å². The van der Waals surface area contributed by atoms with Gasteiger partial charge in [0.15, 0.2) is 0 Å². The van der Waals surface area contributed by atoms with E-state index in [4.69, 9.17) is 5.11 Å². The molecule has 13 heavy (non-hydrogen) atoms. The molecule has 1 aromatic carbocycles. The molecule has 3 heteroatoms. The molecule has 0 aromatic heterocycles. The summed E-state index contributed by atoms with van der Waals surface area (Å²) in [5.74, 6) is -0.884. The molecule has 1 N–H and O–H groups in total. The third kappa shape index (κ3) is 1.33. The lowest BCUT2D eigenvalue weighted by atomic mass is 9.98. The minimum Gasteiger partial charge on any atom is -0.478 e. The lowest BCUT2D eigenvalue weighted by Crippen LogP contribution is -2.09. The highest BCUT2D eigenvalue weighted by molar-refractivity contribution is 5.99. The summed E-state index contributed by atoms with van der Waals surface area (Å²) in [6, 6.07) is 5.34. The molecular weight excluding hydrogens is 166 g/mol. The molecule has 0 saturated carbocycles. The molecule has 0 unspecified atom stereocenters. The van der Waals surface area contributed by atoms with Crippen LogP contribution in [0.2, 0.25) is 0 Å². The van der Waals surface area contributed by atoms with E-state index in [9.17, 15) is 4.79 Å². The van der Waals surface area contributed by atoms with Gasteiger partial charge in [0.1, 0.15) is 0 Å². The molecule has 1 aromatic rings. The van der Waals surface area contributed by atoms with Gasteiger partial charge in [-0.1, -0.05) is 12.1 Å². The Morgan fingerprint density at radius 3 is 3.08 bits per heavy atom. The van der Waals surface area contributed by atoms with E-state index < -0.39 is 5.97 Å². The largest absolute Gasteiger partial charge is 0.478 e. The van der Waals surface area contributed by atoms with E-state index in [-0.39, 0.29) is 0 Å². The Kier molecular flexibility index (Phi) is 1.85. The minimum absolute atomic E-state index is 0.348. The number of carbonyl (C=O) groups is 1. The van der Waals surface area contributed by atoms with Crippen LogP contribution < -0.4 is 0 Å². The quantitative estimate of drug-likeness (QED) is 0.700. The highest BCUT2D eigenvalue weighted by atomic mass is 16.4. The number of fused-ring (bicyclic) bond motifs is 1. The maximum atomic E-state index is 10.8. The van der Waals surface area contributed by atoms with Gasteiger partial charge >= 0.3 is 5.97 Å². The number of benzene rings is 1. The van der Waals surface area contributed by atoms with E-state index in [0.29, 0.717) is 5.56 Å². The average molecular weight is 175 g/mol. The van der Waals surface area contributed by atoms with Crippen LogP contribution in [0.1, 0.15) is 21.5 Å². The number of carboxylic acids is 1. The highest BCUT2D eigenvalue weighted by Gasteiger charge is 2.13. The third-order valence-electron chi connectivity index (χ3n) is 2.16. The zero-order valence-electron chi connectivity index (χ0n) is 7.03. The molecule has 1 aliphatic heterocycles. The highest BCUT2D eigenvalue weighted by Crippen LogP contribution is 2.16. The maximum Gasteiger partial charge on any atom is 0.336 e. The number of aromatic carboxylic acids is 1. The normalized spacial score (nSPS) is 13.8. The first-order valence-electron chi connectivity index (χ1n) is 4.14. The Hall–Kier alpha value is -1.64. The molecule has 0 fully saturated rings. The Bertz CT molecular complexity index is 383. The van der Waals surface area contributed by atoms with Crippen molar-refractivity contribution in [3.63, 3.8) is 0 Å². The Balaban J connectivity index is 2.60. The molecule has 3 nitrogen and oxygen atoms in total. The van der Waals surface area contributed by atoms with Crippen molar-refractivity contribution < 1.29 is 9.90 Å². The van der Waals surface area contributed by atoms with Gasteiger partial charge in [0.25, 0.3) is 0 Å². The fraction of sp³-hybridized carbons (Fsp3) is 0.200. The molecule has 0 amide bonds. The first-order chi connectivity index (χ1) is 6.29. The Labute approximate surface area is 75.7 Å². The van der Waals surface area contributed by atoms with Gasteiger partial charge in [-0.3, -0.25) is 4.99 Å². The monoisotopic (exact) mass is 175 g/mol. The molecule has 2 rings (SSSR count). The van der Waals surface area contributed by atoms with Gasteiger partial charge in [-0.15, -0.1) is 0 Å². The van der Waals surface area contributed by atoms with E-state index in [1.54, 1.807) is 18.3 Å². The molecule has 1 heterocycles. The van der Waals surface area contributed by atoms with E-state index >= 15 is 0 Å². The summed E-state index contributed by atoms with van der Waals surface area (Å²) in [7, 11) is 0. The van der Waals surface area contributed by atoms with Crippen molar-refractivity contribution in [2.75, 3.05) is 6.54 Å². The van der Waals surface area contributed by atoms with Crippen molar-refractivity contribution in [1.29, 1.82) is 0 Å². The van der Waals surface area contributed by atoms with Crippen molar-refractivity contribution >= 4 is 12.2 Å². The van der Waals surface area contributed by atoms with Crippen LogP contribution in [-0.4, -0.2) is 23.8 Å². The first kappa shape index (κ1) is 7.98. The van der Waals surface area contributed by atoms with Gasteiger partial charge in [-0.05, 0) is 18.1 Å². The van der Waals surface area contributed by atoms with Crippen LogP contribution in [0.15, 0.2) is 23.2 Å². The fourth-order valence-electron chi connectivity index (χ4n) is 1.51. The molecule has 66 valence electrons. The van der Waals surface area contributed by atoms with Crippen LogP contribution in [0.5, 0.6) is 0 Å². The van der Waals surface area contributed by atoms with Crippen molar-refractivity contribution in [3.05, 3.63) is 34.9 Å². The third-order valence-corrected chi connectivity index (χ3v) is 2.16. The lowest BCUT2D eigenvalue weighted by Gasteiger charge is -2.11. The molecule has 0 spiro atoms. The van der Waals surface area contributed by atoms with Crippen molar-refractivity contribution in [1.82, 2.24) is 0 Å². The number of hydrogen-bond acceptors (Lipinski definition) is 2. The lowest BCUT2D eigenvalue weighted by molar-refractivity contribution is 0.0696. The zero-order chi connectivity index (χ0) is 9.26. The van der Waals surface area contributed by atoms with Gasteiger partial charge in [-0.2, -0.15) is 0 Å². The number of rotatable bonds is 1. The number of hydrogen-bond donors (Lipinski definition) is 1. The minimum atomic E-state index is -0.884. The summed E-state index contributed by atoms with van der Waals surface area (Å²) < 4.78 is 0. The van der Waals surface area contributed by atoms with Crippen LogP contribution in [0, 0.1) is 0 Å². The maximum absolute atomic E-state index is 10.8. The van der Waals surface area contributed by atoms with Crippen LogP contribution in [0.3, 0.4) is 0 Å². The van der Waals surface area contributed by atoms with Gasteiger partial charge < -0.3 is 5.11 Å². The SMILES string of the molecule is O=C(O)c1cccc2c1C=NCC2. The van der Waals surface area contributed by atoms with E-state index in [1.807, 2.05) is 6.07 Å². The van der Waals surface area contributed by atoms with Gasteiger partial charge in [0, 0.05) is 18.3 Å². The summed E-state index contributed by atoms with van der Waals surface area (Å²) in [4.78, 5) is 14.9. The summed E-state index contributed by atoms with van der Waals surface area (Å²) >= 11 is 0. The molecule has 0 atom stereocenters. The van der Waals surface area contributed by atoms with Gasteiger partial charge in [0.2, 0.25) is 0 Å². The van der Waals surface area contributed by atoms with Gasteiger partial charge in [0.05, 0.1) is 5.56 Å². The summed E-state index contributed by atoms with van der Waals surface area (Å²) in [5, 5.41) is 8.88. The Morgan fingerprint density at radius 2 is 2.31 bits per heavy atom. The molecule has 0 bridgehead atoms. The second-order valence-corrected chi connectivity index (χ2v) is 2.97. The molecular formula is C10H9NO2. The first-order valence-corrected chi connectivity index (χ1v) is 4.14. The second-order valence-electron chi connectivity index (χ2n) is 2.97. The van der Waals surface area contributed by atoms with Crippen LogP contribution in [0.25, 0.3) is 0 Å². The van der Waals surface area contributed by atoms with Crippen LogP contribution in [-0.2, 0) is 6.42 Å². The molecule has 0 saturated heterocycles. The summed E-state index contributed by atoms with van der Waals surface area (Å²) in [6.45, 7) is 0.760. The fourth-order valence-corrected chi connectivity index (χ4v) is 1.51. The van der Waals surface area contributed by atoms with Crippen LogP contribution in [0.4, 0.5) is 0 Å². The summed E-state index contributed by atoms with van der Waals surface area (Å²) in [5.41, 5.74) is 2.19. The molecule has 0 radical (unpaired) electrons. The topological polar surface area (TPSA) is 49.7 Å². The summed E-state index contributed by atoms with van der Waals surface area (Å²) in [6.07, 6.45) is 2.50. The number of aliphatic imine (C=N–C) groups is 1. The van der Waals surface area contributed by atoms with Crippen molar-refractivity contribution in [3.8, 4) is 0 Å². The smallest absolute Gasteiger partial charge is 0.336 e. The van der Waals surface area contributed by atoms with E-state index in [1.165, 1.54) is 0 Å². The number of carboxylic acid groups (broad SMARTS) is 1. The molecule has 0 aliphatic carbocycles.